The molecule has 3 heteroatoms. The van der Waals surface area contributed by atoms with Crippen LogP contribution in [0, 0.1) is 13.8 Å². The van der Waals surface area contributed by atoms with Crippen molar-refractivity contribution in [3.8, 4) is 17.0 Å². The van der Waals surface area contributed by atoms with Gasteiger partial charge in [0, 0.05) is 22.6 Å². The third-order valence-corrected chi connectivity index (χ3v) is 3.40. The summed E-state index contributed by atoms with van der Waals surface area (Å²) in [7, 11) is 0. The normalized spacial score (nSPS) is 10.7. The number of rotatable bonds is 3. The number of aryl methyl sites for hydroxylation is 2. The lowest BCUT2D eigenvalue weighted by atomic mass is 10.1. The summed E-state index contributed by atoms with van der Waals surface area (Å²) in [6, 6.07) is 15.8. The van der Waals surface area contributed by atoms with Gasteiger partial charge in [-0.25, -0.2) is 0 Å². The topological polar surface area (TPSA) is 35.1 Å². The molecule has 3 rings (SSSR count). The molecule has 3 aromatic rings. The van der Waals surface area contributed by atoms with E-state index in [-0.39, 0.29) is 0 Å². The van der Waals surface area contributed by atoms with Crippen molar-refractivity contribution >= 4 is 6.29 Å². The molecule has 1 aromatic carbocycles. The first-order valence-electron chi connectivity index (χ1n) is 6.50. The number of furan rings is 1. The average molecular weight is 265 g/mol. The molecule has 0 amide bonds. The zero-order chi connectivity index (χ0) is 14.1. The Hall–Kier alpha value is -2.55. The van der Waals surface area contributed by atoms with Crippen LogP contribution in [-0.2, 0) is 0 Å². The SMILES string of the molecule is Cc1ccc(C)n1-c1cccc(-c2ccc(C=O)o2)c1. The Morgan fingerprint density at radius 2 is 1.75 bits per heavy atom. The molecule has 0 unspecified atom stereocenters. The molecule has 0 spiro atoms. The number of nitrogens with zero attached hydrogens (tertiary/aromatic N) is 1. The van der Waals surface area contributed by atoms with E-state index in [1.807, 2.05) is 18.2 Å². The molecule has 2 aromatic heterocycles. The Bertz CT molecular complexity index is 745. The number of carbonyl (C=O) groups is 1. The van der Waals surface area contributed by atoms with Crippen LogP contribution in [0.1, 0.15) is 21.9 Å². The van der Waals surface area contributed by atoms with E-state index in [1.165, 1.54) is 11.4 Å². The highest BCUT2D eigenvalue weighted by molar-refractivity contribution is 5.73. The molecule has 2 heterocycles. The lowest BCUT2D eigenvalue weighted by Gasteiger charge is -2.10. The first-order valence-corrected chi connectivity index (χ1v) is 6.50. The van der Waals surface area contributed by atoms with E-state index in [2.05, 4.69) is 42.7 Å². The van der Waals surface area contributed by atoms with Crippen molar-refractivity contribution in [2.45, 2.75) is 13.8 Å². The molecule has 0 N–H and O–H groups in total. The molecule has 20 heavy (non-hydrogen) atoms. The molecule has 0 saturated carbocycles. The van der Waals surface area contributed by atoms with Gasteiger partial charge in [-0.3, -0.25) is 4.79 Å². The van der Waals surface area contributed by atoms with Gasteiger partial charge in [-0.2, -0.15) is 0 Å². The Morgan fingerprint density at radius 1 is 1.00 bits per heavy atom. The van der Waals surface area contributed by atoms with Crippen LogP contribution in [0.4, 0.5) is 0 Å². The number of hydrogen-bond donors (Lipinski definition) is 0. The van der Waals surface area contributed by atoms with Crippen LogP contribution in [0.15, 0.2) is 52.9 Å². The molecule has 100 valence electrons. The maximum Gasteiger partial charge on any atom is 0.185 e. The number of carbonyl (C=O) groups excluding carboxylic acids is 1. The molecular formula is C17H15NO2. The van der Waals surface area contributed by atoms with Crippen molar-refractivity contribution in [3.05, 3.63) is 65.7 Å². The van der Waals surface area contributed by atoms with Crippen LogP contribution in [-0.4, -0.2) is 10.9 Å². The first-order chi connectivity index (χ1) is 9.69. The van der Waals surface area contributed by atoms with Crippen LogP contribution in [0.5, 0.6) is 0 Å². The quantitative estimate of drug-likeness (QED) is 0.666. The van der Waals surface area contributed by atoms with Crippen LogP contribution < -0.4 is 0 Å². The summed E-state index contributed by atoms with van der Waals surface area (Å²) in [5.74, 6) is 1.05. The summed E-state index contributed by atoms with van der Waals surface area (Å²) in [6.07, 6.45) is 0.716. The fourth-order valence-electron chi connectivity index (χ4n) is 2.45. The second-order valence-electron chi connectivity index (χ2n) is 4.82. The molecule has 3 nitrogen and oxygen atoms in total. The Labute approximate surface area is 117 Å². The Balaban J connectivity index is 2.08. The summed E-state index contributed by atoms with van der Waals surface area (Å²) < 4.78 is 7.66. The van der Waals surface area contributed by atoms with Gasteiger partial charge in [0.25, 0.3) is 0 Å². The van der Waals surface area contributed by atoms with Gasteiger partial charge in [0.15, 0.2) is 12.0 Å². The lowest BCUT2D eigenvalue weighted by Crippen LogP contribution is -1.98. The van der Waals surface area contributed by atoms with E-state index >= 15 is 0 Å². The first kappa shape index (κ1) is 12.5. The van der Waals surface area contributed by atoms with Gasteiger partial charge in [-0.15, -0.1) is 0 Å². The van der Waals surface area contributed by atoms with E-state index in [4.69, 9.17) is 4.42 Å². The number of hydrogen-bond acceptors (Lipinski definition) is 2. The second-order valence-corrected chi connectivity index (χ2v) is 4.82. The zero-order valence-electron chi connectivity index (χ0n) is 11.5. The summed E-state index contributed by atoms with van der Waals surface area (Å²) in [4.78, 5) is 10.7. The van der Waals surface area contributed by atoms with E-state index in [9.17, 15) is 4.79 Å². The highest BCUT2D eigenvalue weighted by atomic mass is 16.3. The minimum atomic E-state index is 0.346. The molecule has 0 bridgehead atoms. The van der Waals surface area contributed by atoms with Crippen molar-refractivity contribution in [1.82, 2.24) is 4.57 Å². The predicted octanol–water partition coefficient (Wildman–Crippen LogP) is 4.17. The number of aldehydes is 1. The van der Waals surface area contributed by atoms with Gasteiger partial charge in [0.05, 0.1) is 0 Å². The molecule has 0 aliphatic heterocycles. The fourth-order valence-corrected chi connectivity index (χ4v) is 2.45. The van der Waals surface area contributed by atoms with Crippen LogP contribution in [0.3, 0.4) is 0 Å². The summed E-state index contributed by atoms with van der Waals surface area (Å²) in [5, 5.41) is 0. The lowest BCUT2D eigenvalue weighted by molar-refractivity contribution is 0.110. The monoisotopic (exact) mass is 265 g/mol. The van der Waals surface area contributed by atoms with Crippen molar-refractivity contribution in [3.63, 3.8) is 0 Å². The summed E-state index contributed by atoms with van der Waals surface area (Å²) in [5.41, 5.74) is 4.43. The summed E-state index contributed by atoms with van der Waals surface area (Å²) >= 11 is 0. The van der Waals surface area contributed by atoms with Crippen LogP contribution >= 0.6 is 0 Å². The van der Waals surface area contributed by atoms with Gasteiger partial charge in [-0.1, -0.05) is 12.1 Å². The smallest absolute Gasteiger partial charge is 0.185 e. The highest BCUT2D eigenvalue weighted by Crippen LogP contribution is 2.25. The molecule has 0 fully saturated rings. The molecule has 0 aliphatic carbocycles. The van der Waals surface area contributed by atoms with Crippen molar-refractivity contribution in [2.24, 2.45) is 0 Å². The molecule has 0 saturated heterocycles. The van der Waals surface area contributed by atoms with E-state index in [1.54, 1.807) is 6.07 Å². The number of aromatic nitrogens is 1. The van der Waals surface area contributed by atoms with Gasteiger partial charge in [0.2, 0.25) is 0 Å². The maximum atomic E-state index is 10.7. The van der Waals surface area contributed by atoms with Crippen molar-refractivity contribution in [1.29, 1.82) is 0 Å². The Kier molecular flexibility index (Phi) is 3.03. The molecule has 0 atom stereocenters. The van der Waals surface area contributed by atoms with Gasteiger partial charge < -0.3 is 8.98 Å². The third kappa shape index (κ3) is 2.07. The molecule has 0 radical (unpaired) electrons. The minimum Gasteiger partial charge on any atom is -0.453 e. The highest BCUT2D eigenvalue weighted by Gasteiger charge is 2.08. The fraction of sp³-hybridized carbons (Fsp3) is 0.118. The van der Waals surface area contributed by atoms with Gasteiger partial charge in [-0.05, 0) is 50.2 Å². The second kappa shape index (κ2) is 4.85. The summed E-state index contributed by atoms with van der Waals surface area (Å²) in [6.45, 7) is 4.16. The molecule has 0 aliphatic rings. The van der Waals surface area contributed by atoms with E-state index in [0.717, 1.165) is 11.3 Å². The van der Waals surface area contributed by atoms with E-state index in [0.29, 0.717) is 17.8 Å². The number of benzene rings is 1. The van der Waals surface area contributed by atoms with Gasteiger partial charge >= 0.3 is 0 Å². The molecular weight excluding hydrogens is 250 g/mol. The van der Waals surface area contributed by atoms with Gasteiger partial charge in [0.1, 0.15) is 5.76 Å². The largest absolute Gasteiger partial charge is 0.453 e. The average Bonchev–Trinajstić information content (AvgIpc) is 3.06. The van der Waals surface area contributed by atoms with Crippen LogP contribution in [0.25, 0.3) is 17.0 Å². The van der Waals surface area contributed by atoms with Crippen molar-refractivity contribution in [2.75, 3.05) is 0 Å². The van der Waals surface area contributed by atoms with Crippen LogP contribution in [0.2, 0.25) is 0 Å². The van der Waals surface area contributed by atoms with E-state index < -0.39 is 0 Å². The maximum absolute atomic E-state index is 10.7. The third-order valence-electron chi connectivity index (χ3n) is 3.40. The minimum absolute atomic E-state index is 0.346. The van der Waals surface area contributed by atoms with Crippen molar-refractivity contribution < 1.29 is 9.21 Å². The standard InChI is InChI=1S/C17H15NO2/c1-12-6-7-13(2)18(12)15-5-3-4-14(10-15)17-9-8-16(11-19)20-17/h3-11H,1-2H3. The Morgan fingerprint density at radius 3 is 2.40 bits per heavy atom. The zero-order valence-corrected chi connectivity index (χ0v) is 11.5. The predicted molar refractivity (Wildman–Crippen MR) is 78.3 cm³/mol.